The van der Waals surface area contributed by atoms with E-state index in [1.807, 2.05) is 0 Å². The maximum Gasteiger partial charge on any atom is 1.00 e. The van der Waals surface area contributed by atoms with E-state index >= 15 is 0 Å². The van der Waals surface area contributed by atoms with Crippen molar-refractivity contribution in [3.63, 3.8) is 0 Å². The Labute approximate surface area is 142 Å². The van der Waals surface area contributed by atoms with Gasteiger partial charge in [-0.1, -0.05) is 17.9 Å². The summed E-state index contributed by atoms with van der Waals surface area (Å²) in [5.41, 5.74) is 0. The van der Waals surface area contributed by atoms with Gasteiger partial charge in [0.25, 0.3) is 0 Å². The first kappa shape index (κ1) is 16.4. The molecule has 1 aromatic carbocycles. The van der Waals surface area contributed by atoms with E-state index in [0.717, 1.165) is 7.11 Å². The van der Waals surface area contributed by atoms with Crippen LogP contribution in [0.1, 0.15) is 0 Å². The average Bonchev–Trinajstić information content (AvgIpc) is 2.19. The van der Waals surface area contributed by atoms with Crippen LogP contribution in [-0.2, 0) is 14.6 Å². The van der Waals surface area contributed by atoms with Gasteiger partial charge in [-0.25, -0.2) is 8.42 Å². The van der Waals surface area contributed by atoms with Gasteiger partial charge < -0.3 is 9.84 Å². The maximum atomic E-state index is 11.7. The molecule has 0 N–H and O–H groups in total. The monoisotopic (exact) mass is 286 g/mol. The zero-order valence-electron chi connectivity index (χ0n) is 8.81. The summed E-state index contributed by atoms with van der Waals surface area (Å²) in [4.78, 5) is -0.0316. The molecule has 7 heteroatoms. The second-order valence-electron chi connectivity index (χ2n) is 2.60. The van der Waals surface area contributed by atoms with Crippen LogP contribution in [0, 0.1) is 0 Å². The summed E-state index contributed by atoms with van der Waals surface area (Å²) >= 11 is 5.61. The zero-order chi connectivity index (χ0) is 11.5. The Kier molecular flexibility index (Phi) is 7.19. The third-order valence-electron chi connectivity index (χ3n) is 1.69. The number of rotatable bonds is 3. The minimum absolute atomic E-state index is 0. The number of hydrogen-bond donors (Lipinski definition) is 0. The van der Waals surface area contributed by atoms with Crippen LogP contribution in [0.25, 0.3) is 0 Å². The SMILES string of the molecule is CO/C(=C/[O-])S(=O)(=O)c1ccc(Cl)cc1.[K+]. The van der Waals surface area contributed by atoms with Crippen LogP contribution in [0.5, 0.6) is 0 Å². The van der Waals surface area contributed by atoms with Crippen LogP contribution in [0.2, 0.25) is 5.02 Å². The summed E-state index contributed by atoms with van der Waals surface area (Å²) in [7, 11) is -2.73. The molecule has 0 spiro atoms. The summed E-state index contributed by atoms with van der Waals surface area (Å²) in [5, 5.41) is 10.3. The van der Waals surface area contributed by atoms with Crippen molar-refractivity contribution >= 4 is 21.4 Å². The third kappa shape index (κ3) is 3.73. The number of methoxy groups -OCH3 is 1. The van der Waals surface area contributed by atoms with Gasteiger partial charge in [-0.15, -0.1) is 0 Å². The molecule has 82 valence electrons. The standard InChI is InChI=1S/C9H9ClO4S.K/c1-14-9(6-11)15(12,13)8-4-2-7(10)3-5-8;/h2-6,11H,1H3;/q;+1/p-1/b9-6-;. The van der Waals surface area contributed by atoms with E-state index in [1.165, 1.54) is 24.3 Å². The van der Waals surface area contributed by atoms with Crippen LogP contribution in [-0.4, -0.2) is 15.5 Å². The molecule has 4 nitrogen and oxygen atoms in total. The van der Waals surface area contributed by atoms with Crippen molar-refractivity contribution in [2.45, 2.75) is 4.90 Å². The van der Waals surface area contributed by atoms with Crippen molar-refractivity contribution in [1.82, 2.24) is 0 Å². The van der Waals surface area contributed by atoms with E-state index in [4.69, 9.17) is 11.6 Å². The first-order valence-electron chi connectivity index (χ1n) is 3.89. The van der Waals surface area contributed by atoms with E-state index < -0.39 is 14.9 Å². The first-order chi connectivity index (χ1) is 7.02. The largest absolute Gasteiger partial charge is 1.00 e. The van der Waals surface area contributed by atoms with Gasteiger partial charge in [0.2, 0.25) is 14.9 Å². The van der Waals surface area contributed by atoms with Crippen molar-refractivity contribution in [2.75, 3.05) is 7.11 Å². The van der Waals surface area contributed by atoms with Crippen molar-refractivity contribution < 1.29 is 69.6 Å². The predicted molar refractivity (Wildman–Crippen MR) is 53.7 cm³/mol. The normalized spacial score (nSPS) is 11.8. The molecule has 0 amide bonds. The molecule has 0 aliphatic carbocycles. The average molecular weight is 287 g/mol. The van der Waals surface area contributed by atoms with E-state index in [1.54, 1.807) is 0 Å². The molecule has 0 heterocycles. The van der Waals surface area contributed by atoms with Crippen molar-refractivity contribution in [2.24, 2.45) is 0 Å². The molecule has 0 aromatic heterocycles. The fraction of sp³-hybridized carbons (Fsp3) is 0.111. The Morgan fingerprint density at radius 1 is 1.38 bits per heavy atom. The van der Waals surface area contributed by atoms with Crippen molar-refractivity contribution in [1.29, 1.82) is 0 Å². The van der Waals surface area contributed by atoms with Crippen LogP contribution in [0.15, 0.2) is 40.5 Å². The van der Waals surface area contributed by atoms with Crippen LogP contribution in [0.4, 0.5) is 0 Å². The summed E-state index contributed by atoms with van der Waals surface area (Å²) in [5.74, 6) is 0. The smallest absolute Gasteiger partial charge is 0.875 e. The molecule has 0 unspecified atom stereocenters. The van der Waals surface area contributed by atoms with E-state index in [0.29, 0.717) is 5.02 Å². The molecule has 16 heavy (non-hydrogen) atoms. The Morgan fingerprint density at radius 3 is 2.25 bits per heavy atom. The third-order valence-corrected chi connectivity index (χ3v) is 3.62. The number of benzene rings is 1. The Hall–Kier alpha value is 0.436. The van der Waals surface area contributed by atoms with Gasteiger partial charge in [0.05, 0.1) is 12.0 Å². The predicted octanol–water partition coefficient (Wildman–Crippen LogP) is -2.08. The molecular formula is C9H8ClKO4S. The van der Waals surface area contributed by atoms with Gasteiger partial charge in [0.1, 0.15) is 0 Å². The molecule has 0 aliphatic rings. The molecule has 0 aliphatic heterocycles. The number of ether oxygens (including phenoxy) is 1. The topological polar surface area (TPSA) is 66.4 Å². The molecule has 0 fully saturated rings. The molecular weight excluding hydrogens is 279 g/mol. The molecule has 1 aromatic rings. The number of halogens is 1. The Bertz CT molecular complexity index is 467. The Balaban J connectivity index is 0.00000225. The van der Waals surface area contributed by atoms with E-state index in [9.17, 15) is 13.5 Å². The molecule has 0 bridgehead atoms. The van der Waals surface area contributed by atoms with Gasteiger partial charge in [-0.05, 0) is 24.3 Å². The van der Waals surface area contributed by atoms with Crippen LogP contribution in [0.3, 0.4) is 0 Å². The summed E-state index contributed by atoms with van der Waals surface area (Å²) in [6, 6.07) is 5.46. The second-order valence-corrected chi connectivity index (χ2v) is 4.92. The fourth-order valence-electron chi connectivity index (χ4n) is 0.951. The van der Waals surface area contributed by atoms with E-state index in [-0.39, 0.29) is 62.5 Å². The van der Waals surface area contributed by atoms with Gasteiger partial charge in [0.15, 0.2) is 0 Å². The molecule has 0 saturated carbocycles. The first-order valence-corrected chi connectivity index (χ1v) is 5.75. The fourth-order valence-corrected chi connectivity index (χ4v) is 2.15. The molecule has 0 radical (unpaired) electrons. The summed E-state index contributed by atoms with van der Waals surface area (Å²) in [6.45, 7) is 0. The van der Waals surface area contributed by atoms with Crippen LogP contribution >= 0.6 is 11.6 Å². The number of sulfone groups is 1. The van der Waals surface area contributed by atoms with Crippen molar-refractivity contribution in [3.05, 3.63) is 40.6 Å². The second kappa shape index (κ2) is 7.00. The van der Waals surface area contributed by atoms with Gasteiger partial charge in [-0.3, -0.25) is 0 Å². The Morgan fingerprint density at radius 2 is 1.88 bits per heavy atom. The number of hydrogen-bond acceptors (Lipinski definition) is 4. The summed E-state index contributed by atoms with van der Waals surface area (Å²) in [6.07, 6.45) is 0.157. The quantitative estimate of drug-likeness (QED) is 0.473. The molecule has 1 rings (SSSR count). The maximum absolute atomic E-state index is 11.7. The molecule has 0 saturated heterocycles. The van der Waals surface area contributed by atoms with Gasteiger partial charge >= 0.3 is 51.4 Å². The zero-order valence-corrected chi connectivity index (χ0v) is 13.5. The molecule has 0 atom stereocenters. The van der Waals surface area contributed by atoms with Gasteiger partial charge in [0, 0.05) is 5.02 Å². The van der Waals surface area contributed by atoms with Crippen LogP contribution < -0.4 is 56.5 Å². The minimum Gasteiger partial charge on any atom is -0.875 e. The van der Waals surface area contributed by atoms with Gasteiger partial charge in [-0.2, -0.15) is 0 Å². The summed E-state index contributed by atoms with van der Waals surface area (Å²) < 4.78 is 27.8. The van der Waals surface area contributed by atoms with Crippen molar-refractivity contribution in [3.8, 4) is 0 Å². The van der Waals surface area contributed by atoms with E-state index in [2.05, 4.69) is 4.74 Å². The minimum atomic E-state index is -3.85.